The van der Waals surface area contributed by atoms with Gasteiger partial charge < -0.3 is 0 Å². The van der Waals surface area contributed by atoms with Gasteiger partial charge in [-0.2, -0.15) is 0 Å². The van der Waals surface area contributed by atoms with Crippen molar-refractivity contribution in [1.82, 2.24) is 0 Å². The normalized spacial score (nSPS) is 32.3. The van der Waals surface area contributed by atoms with Gasteiger partial charge in [0.15, 0.2) is 0 Å². The van der Waals surface area contributed by atoms with Crippen LogP contribution in [0.2, 0.25) is 4.51 Å². The maximum absolute atomic E-state index is 12.5. The molecular formula is C7H9ClF2Zn. The van der Waals surface area contributed by atoms with E-state index in [9.17, 15) is 8.78 Å². The van der Waals surface area contributed by atoms with Gasteiger partial charge >= 0.3 is 76.1 Å². The fourth-order valence-corrected chi connectivity index (χ4v) is 6.77. The Morgan fingerprint density at radius 2 is 1.82 bits per heavy atom. The number of halogens is 3. The van der Waals surface area contributed by atoms with Crippen LogP contribution in [0.5, 0.6) is 0 Å². The number of rotatable bonds is 1. The molecule has 0 atom stereocenters. The van der Waals surface area contributed by atoms with Crippen molar-refractivity contribution in [3.8, 4) is 0 Å². The Morgan fingerprint density at radius 1 is 1.27 bits per heavy atom. The molecule has 11 heavy (non-hydrogen) atoms. The van der Waals surface area contributed by atoms with E-state index in [-0.39, 0.29) is 18.3 Å². The summed E-state index contributed by atoms with van der Waals surface area (Å²) in [5.74, 6) is -2.33. The molecule has 0 nitrogen and oxygen atoms in total. The second kappa shape index (κ2) is 2.38. The second-order valence-corrected chi connectivity index (χ2v) is 8.81. The summed E-state index contributed by atoms with van der Waals surface area (Å²) in [6.45, 7) is 0. The first-order chi connectivity index (χ1) is 5.05. The van der Waals surface area contributed by atoms with Gasteiger partial charge in [0.1, 0.15) is 0 Å². The van der Waals surface area contributed by atoms with Gasteiger partial charge in [0.2, 0.25) is 0 Å². The SMILES string of the molecule is FC1(F)CC2(C[CH]([Zn][Cl])C2)C1. The van der Waals surface area contributed by atoms with Crippen molar-refractivity contribution in [2.75, 3.05) is 0 Å². The second-order valence-electron chi connectivity index (χ2n) is 4.14. The molecule has 0 unspecified atom stereocenters. The topological polar surface area (TPSA) is 0 Å². The van der Waals surface area contributed by atoms with Crippen LogP contribution < -0.4 is 0 Å². The van der Waals surface area contributed by atoms with E-state index >= 15 is 0 Å². The average molecular weight is 232 g/mol. The minimum atomic E-state index is -2.33. The molecule has 2 aliphatic rings. The van der Waals surface area contributed by atoms with Crippen molar-refractivity contribution in [3.05, 3.63) is 0 Å². The molecule has 4 heteroatoms. The average Bonchev–Trinajstić information content (AvgIpc) is 1.75. The molecule has 0 radical (unpaired) electrons. The van der Waals surface area contributed by atoms with Crippen LogP contribution in [0.4, 0.5) is 8.78 Å². The molecule has 0 aliphatic heterocycles. The monoisotopic (exact) mass is 230 g/mol. The molecule has 0 aromatic carbocycles. The van der Waals surface area contributed by atoms with Gasteiger partial charge in [0.05, 0.1) is 0 Å². The Morgan fingerprint density at radius 3 is 2.18 bits per heavy atom. The first kappa shape index (κ1) is 8.38. The summed E-state index contributed by atoms with van der Waals surface area (Å²) in [6.07, 6.45) is 2.34. The van der Waals surface area contributed by atoms with E-state index in [4.69, 9.17) is 9.69 Å². The summed E-state index contributed by atoms with van der Waals surface area (Å²) < 4.78 is 25.6. The van der Waals surface area contributed by atoms with Crippen LogP contribution in [0, 0.1) is 5.41 Å². The van der Waals surface area contributed by atoms with Gasteiger partial charge in [0, 0.05) is 0 Å². The summed E-state index contributed by atoms with van der Waals surface area (Å²) in [4.78, 5) is 0. The molecular weight excluding hydrogens is 223 g/mol. The molecule has 0 N–H and O–H groups in total. The third kappa shape index (κ3) is 1.35. The Labute approximate surface area is 76.3 Å². The number of hydrogen-bond acceptors (Lipinski definition) is 0. The van der Waals surface area contributed by atoms with Crippen molar-refractivity contribution >= 4 is 9.69 Å². The molecule has 2 saturated carbocycles. The minimum absolute atomic E-state index is 0.0638. The van der Waals surface area contributed by atoms with Gasteiger partial charge in [-0.3, -0.25) is 0 Å². The van der Waals surface area contributed by atoms with Crippen LogP contribution in [0.3, 0.4) is 0 Å². The van der Waals surface area contributed by atoms with E-state index in [1.54, 1.807) is 0 Å². The molecule has 0 aromatic rings. The van der Waals surface area contributed by atoms with Gasteiger partial charge in [-0.15, -0.1) is 0 Å². The molecule has 2 fully saturated rings. The molecule has 0 bridgehead atoms. The van der Waals surface area contributed by atoms with Crippen molar-refractivity contribution in [1.29, 1.82) is 0 Å². The summed E-state index contributed by atoms with van der Waals surface area (Å²) in [5, 5.41) is 0. The molecule has 2 aliphatic carbocycles. The summed E-state index contributed by atoms with van der Waals surface area (Å²) in [6, 6.07) is 0. The van der Waals surface area contributed by atoms with Crippen LogP contribution in [-0.2, 0) is 16.1 Å². The van der Waals surface area contributed by atoms with E-state index in [0.29, 0.717) is 4.51 Å². The predicted octanol–water partition coefficient (Wildman–Crippen LogP) is 3.22. The standard InChI is InChI=1S/C7H9F2.ClH.Zn/c8-7(9)4-6(5-7)2-1-3-6;;/h1H,2-5H2;1H;/q;;+1/p-1. The van der Waals surface area contributed by atoms with Crippen molar-refractivity contribution in [2.45, 2.75) is 36.1 Å². The van der Waals surface area contributed by atoms with Crippen LogP contribution in [0.1, 0.15) is 25.7 Å². The third-order valence-electron chi connectivity index (χ3n) is 2.93. The summed E-state index contributed by atoms with van der Waals surface area (Å²) in [5.41, 5.74) is 0.0638. The number of alkyl halides is 2. The fraction of sp³-hybridized carbons (Fsp3) is 1.00. The Hall–Kier alpha value is 0.773. The van der Waals surface area contributed by atoms with E-state index in [1.807, 2.05) is 0 Å². The summed E-state index contributed by atoms with van der Waals surface area (Å²) >= 11 is -0.804. The Bertz CT molecular complexity index is 167. The first-order valence-electron chi connectivity index (χ1n) is 3.99. The van der Waals surface area contributed by atoms with E-state index in [2.05, 4.69) is 0 Å². The summed E-state index contributed by atoms with van der Waals surface area (Å²) in [7, 11) is 5.78. The van der Waals surface area contributed by atoms with Gasteiger partial charge in [-0.25, -0.2) is 0 Å². The maximum atomic E-state index is 12.5. The zero-order valence-electron chi connectivity index (χ0n) is 6.25. The van der Waals surface area contributed by atoms with E-state index < -0.39 is 22.1 Å². The molecule has 0 aromatic heterocycles. The van der Waals surface area contributed by atoms with Crippen LogP contribution in [0.25, 0.3) is 0 Å². The molecule has 2 rings (SSSR count). The van der Waals surface area contributed by atoms with Gasteiger partial charge in [-0.1, -0.05) is 0 Å². The third-order valence-corrected chi connectivity index (χ3v) is 7.32. The predicted molar refractivity (Wildman–Crippen MR) is 35.5 cm³/mol. The first-order valence-corrected chi connectivity index (χ1v) is 9.60. The Kier molecular flexibility index (Phi) is 1.82. The van der Waals surface area contributed by atoms with Crippen LogP contribution >= 0.6 is 9.69 Å². The van der Waals surface area contributed by atoms with Crippen molar-refractivity contribution < 1.29 is 24.9 Å². The van der Waals surface area contributed by atoms with Crippen molar-refractivity contribution in [3.63, 3.8) is 0 Å². The molecule has 1 spiro atoms. The quantitative estimate of drug-likeness (QED) is 0.609. The molecule has 0 saturated heterocycles. The molecule has 0 heterocycles. The molecule has 0 amide bonds. The molecule has 60 valence electrons. The van der Waals surface area contributed by atoms with E-state index in [1.165, 1.54) is 0 Å². The fourth-order valence-electron chi connectivity index (χ4n) is 2.61. The van der Waals surface area contributed by atoms with E-state index in [0.717, 1.165) is 12.8 Å². The van der Waals surface area contributed by atoms with Crippen LogP contribution in [0.15, 0.2) is 0 Å². The van der Waals surface area contributed by atoms with Gasteiger partial charge in [0.25, 0.3) is 0 Å². The number of hydrogen-bond donors (Lipinski definition) is 0. The van der Waals surface area contributed by atoms with Crippen molar-refractivity contribution in [2.24, 2.45) is 5.41 Å². The zero-order chi connectivity index (χ0) is 8.11. The van der Waals surface area contributed by atoms with Crippen LogP contribution in [-0.4, -0.2) is 5.92 Å². The van der Waals surface area contributed by atoms with Gasteiger partial charge in [-0.05, 0) is 0 Å². The Balaban J connectivity index is 1.83. The zero-order valence-corrected chi connectivity index (χ0v) is 9.97.